The lowest BCUT2D eigenvalue weighted by atomic mass is 10.0. The monoisotopic (exact) mass is 597 g/mol. The first-order valence-corrected chi connectivity index (χ1v) is 16.1. The molecule has 0 radical (unpaired) electrons. The highest BCUT2D eigenvalue weighted by Gasteiger charge is 2.30. The number of aryl methyl sites for hydroxylation is 2. The topological polar surface area (TPSA) is 86.8 Å². The zero-order valence-corrected chi connectivity index (χ0v) is 25.8. The summed E-state index contributed by atoms with van der Waals surface area (Å²) in [5, 5.41) is 3.47. The minimum atomic E-state index is -3.57. The van der Waals surface area contributed by atoms with Crippen LogP contribution >= 0.6 is 11.6 Å². The van der Waals surface area contributed by atoms with Crippen molar-refractivity contribution in [3.8, 4) is 0 Å². The first-order valence-electron chi connectivity index (χ1n) is 13.9. The van der Waals surface area contributed by atoms with Crippen LogP contribution in [0.2, 0.25) is 5.02 Å². The molecule has 7 nitrogen and oxygen atoms in total. The fourth-order valence-corrected chi connectivity index (χ4v) is 5.77. The van der Waals surface area contributed by atoms with Crippen LogP contribution in [-0.4, -0.2) is 50.5 Å². The second-order valence-corrected chi connectivity index (χ2v) is 12.6. The number of halogens is 1. The molecule has 0 saturated carbocycles. The fourth-order valence-electron chi connectivity index (χ4n) is 4.61. The Morgan fingerprint density at radius 1 is 0.951 bits per heavy atom. The van der Waals surface area contributed by atoms with E-state index in [-0.39, 0.29) is 37.7 Å². The number of hydrogen-bond acceptors (Lipinski definition) is 4. The van der Waals surface area contributed by atoms with E-state index >= 15 is 0 Å². The summed E-state index contributed by atoms with van der Waals surface area (Å²) >= 11 is 6.48. The summed E-state index contributed by atoms with van der Waals surface area (Å²) in [4.78, 5) is 28.9. The molecule has 3 aromatic carbocycles. The molecule has 3 aromatic rings. The molecule has 41 heavy (non-hydrogen) atoms. The third-order valence-electron chi connectivity index (χ3n) is 7.05. The van der Waals surface area contributed by atoms with Crippen LogP contribution in [0.4, 0.5) is 5.69 Å². The van der Waals surface area contributed by atoms with Crippen LogP contribution in [0, 0.1) is 13.8 Å². The lowest BCUT2D eigenvalue weighted by Gasteiger charge is -2.32. The highest BCUT2D eigenvalue weighted by atomic mass is 35.5. The number of hydrogen-bond donors (Lipinski definition) is 1. The van der Waals surface area contributed by atoms with E-state index < -0.39 is 16.1 Å². The summed E-state index contributed by atoms with van der Waals surface area (Å²) in [5.74, 6) is -0.477. The molecule has 0 aliphatic carbocycles. The van der Waals surface area contributed by atoms with Gasteiger partial charge in [-0.25, -0.2) is 8.42 Å². The van der Waals surface area contributed by atoms with Crippen LogP contribution in [0.5, 0.6) is 0 Å². The van der Waals surface area contributed by atoms with Crippen LogP contribution in [0.15, 0.2) is 72.8 Å². The summed E-state index contributed by atoms with van der Waals surface area (Å²) in [5.41, 5.74) is 4.28. The molecule has 0 unspecified atom stereocenters. The molecule has 2 amide bonds. The zero-order chi connectivity index (χ0) is 30.0. The van der Waals surface area contributed by atoms with Gasteiger partial charge in [0.1, 0.15) is 6.04 Å². The van der Waals surface area contributed by atoms with Crippen LogP contribution in [0.3, 0.4) is 0 Å². The largest absolute Gasteiger partial charge is 0.354 e. The van der Waals surface area contributed by atoms with Crippen molar-refractivity contribution in [2.45, 2.75) is 59.0 Å². The molecule has 0 aliphatic rings. The Balaban J connectivity index is 1.88. The Hall–Kier alpha value is -3.36. The van der Waals surface area contributed by atoms with Crippen molar-refractivity contribution in [2.75, 3.05) is 23.7 Å². The molecule has 3 rings (SSSR count). The van der Waals surface area contributed by atoms with Gasteiger partial charge in [-0.1, -0.05) is 73.1 Å². The van der Waals surface area contributed by atoms with Gasteiger partial charge in [0.05, 0.1) is 11.9 Å². The van der Waals surface area contributed by atoms with Gasteiger partial charge in [-0.2, -0.15) is 0 Å². The summed E-state index contributed by atoms with van der Waals surface area (Å²) in [6, 6.07) is 21.6. The third kappa shape index (κ3) is 9.33. The average molecular weight is 598 g/mol. The maximum absolute atomic E-state index is 13.9. The number of sulfonamides is 1. The molecule has 0 bridgehead atoms. The Kier molecular flexibility index (Phi) is 11.8. The van der Waals surface area contributed by atoms with Crippen LogP contribution < -0.4 is 9.62 Å². The Morgan fingerprint density at radius 3 is 2.27 bits per heavy atom. The quantitative estimate of drug-likeness (QED) is 0.259. The minimum Gasteiger partial charge on any atom is -0.354 e. The Labute approximate surface area is 249 Å². The molecular formula is C32H40ClN3O4S. The molecule has 1 N–H and O–H groups in total. The van der Waals surface area contributed by atoms with E-state index in [9.17, 15) is 18.0 Å². The summed E-state index contributed by atoms with van der Waals surface area (Å²) in [7, 11) is -3.57. The van der Waals surface area contributed by atoms with Gasteiger partial charge in [0, 0.05) is 37.5 Å². The van der Waals surface area contributed by atoms with Gasteiger partial charge in [-0.15, -0.1) is 0 Å². The van der Waals surface area contributed by atoms with Gasteiger partial charge in [0.2, 0.25) is 21.8 Å². The molecule has 1 atom stereocenters. The highest BCUT2D eigenvalue weighted by molar-refractivity contribution is 7.92. The van der Waals surface area contributed by atoms with Gasteiger partial charge < -0.3 is 10.2 Å². The predicted octanol–water partition coefficient (Wildman–Crippen LogP) is 5.67. The van der Waals surface area contributed by atoms with E-state index in [4.69, 9.17) is 11.6 Å². The van der Waals surface area contributed by atoms with E-state index in [0.717, 1.165) is 28.7 Å². The number of rotatable bonds is 14. The van der Waals surface area contributed by atoms with Crippen molar-refractivity contribution >= 4 is 39.1 Å². The van der Waals surface area contributed by atoms with Gasteiger partial charge in [0.25, 0.3) is 0 Å². The van der Waals surface area contributed by atoms with E-state index in [1.165, 1.54) is 10.6 Å². The zero-order valence-electron chi connectivity index (χ0n) is 24.3. The standard InChI is InChI=1S/C32H40ClN3O4S/c1-5-19-34-32(38)30(22-26-12-7-6-8-13-26)35(23-27-14-9-10-15-29(27)33)31(37)16-11-20-36(41(4,39)40)28-18-17-24(2)25(3)21-28/h6-10,12-15,17-18,21,30H,5,11,16,19-20,22-23H2,1-4H3,(H,34,38)/t30-/m0/s1. The van der Waals surface area contributed by atoms with Crippen molar-refractivity contribution in [1.82, 2.24) is 10.2 Å². The number of nitrogens with one attached hydrogen (secondary N) is 1. The van der Waals surface area contributed by atoms with Crippen molar-refractivity contribution in [1.29, 1.82) is 0 Å². The van der Waals surface area contributed by atoms with Gasteiger partial charge >= 0.3 is 0 Å². The molecule has 0 saturated heterocycles. The van der Waals surface area contributed by atoms with Crippen LogP contribution in [0.1, 0.15) is 48.4 Å². The van der Waals surface area contributed by atoms with Crippen molar-refractivity contribution < 1.29 is 18.0 Å². The van der Waals surface area contributed by atoms with Crippen molar-refractivity contribution in [3.05, 3.63) is 100 Å². The van der Waals surface area contributed by atoms with E-state index in [1.807, 2.05) is 81.4 Å². The number of anilines is 1. The molecule has 0 aliphatic heterocycles. The molecule has 0 aromatic heterocycles. The Bertz CT molecular complexity index is 1430. The van der Waals surface area contributed by atoms with E-state index in [2.05, 4.69) is 5.32 Å². The van der Waals surface area contributed by atoms with Gasteiger partial charge in [0.15, 0.2) is 0 Å². The van der Waals surface area contributed by atoms with Crippen LogP contribution in [0.25, 0.3) is 0 Å². The third-order valence-corrected chi connectivity index (χ3v) is 8.61. The summed E-state index contributed by atoms with van der Waals surface area (Å²) < 4.78 is 26.7. The molecule has 0 fully saturated rings. The summed E-state index contributed by atoms with van der Waals surface area (Å²) in [6.45, 7) is 6.67. The number of carbonyl (C=O) groups excluding carboxylic acids is 2. The average Bonchev–Trinajstić information content (AvgIpc) is 2.94. The van der Waals surface area contributed by atoms with Gasteiger partial charge in [-0.05, 0) is 67.1 Å². The second-order valence-electron chi connectivity index (χ2n) is 10.3. The minimum absolute atomic E-state index is 0.0632. The van der Waals surface area contributed by atoms with Crippen LogP contribution in [-0.2, 0) is 32.6 Å². The molecule has 220 valence electrons. The number of nitrogens with zero attached hydrogens (tertiary/aromatic N) is 2. The number of amides is 2. The summed E-state index contributed by atoms with van der Waals surface area (Å²) in [6.07, 6.45) is 2.62. The van der Waals surface area contributed by atoms with Gasteiger partial charge in [-0.3, -0.25) is 13.9 Å². The maximum Gasteiger partial charge on any atom is 0.243 e. The van der Waals surface area contributed by atoms with Crippen molar-refractivity contribution in [3.63, 3.8) is 0 Å². The molecule has 0 heterocycles. The van der Waals surface area contributed by atoms with E-state index in [1.54, 1.807) is 17.0 Å². The maximum atomic E-state index is 13.9. The lowest BCUT2D eigenvalue weighted by Crippen LogP contribution is -2.50. The fraction of sp³-hybridized carbons (Fsp3) is 0.375. The molecule has 0 spiro atoms. The SMILES string of the molecule is CCCNC(=O)[C@H](Cc1ccccc1)N(Cc1ccccc1Cl)C(=O)CCCN(c1ccc(C)c(C)c1)S(C)(=O)=O. The number of benzene rings is 3. The van der Waals surface area contributed by atoms with Crippen molar-refractivity contribution in [2.24, 2.45) is 0 Å². The smallest absolute Gasteiger partial charge is 0.243 e. The van der Waals surface area contributed by atoms with E-state index in [0.29, 0.717) is 23.7 Å². The highest BCUT2D eigenvalue weighted by Crippen LogP contribution is 2.24. The molecule has 9 heteroatoms. The predicted molar refractivity (Wildman–Crippen MR) is 167 cm³/mol. The first-order chi connectivity index (χ1) is 19.5. The Morgan fingerprint density at radius 2 is 1.63 bits per heavy atom. The number of carbonyl (C=O) groups is 2. The second kappa shape index (κ2) is 15.0. The first kappa shape index (κ1) is 32.2. The molecular weight excluding hydrogens is 558 g/mol. The normalized spacial score (nSPS) is 12.0. The lowest BCUT2D eigenvalue weighted by molar-refractivity contribution is -0.141.